The van der Waals surface area contributed by atoms with Crippen LogP contribution in [0.5, 0.6) is 11.5 Å². The fraction of sp³-hybridized carbons (Fsp3) is 0.471. The maximum absolute atomic E-state index is 10.6. The average Bonchev–Trinajstić information content (AvgIpc) is 3.07. The number of hydrogen-bond donors (Lipinski definition) is 0. The first-order valence-corrected chi connectivity index (χ1v) is 7.38. The Balaban J connectivity index is 1.81. The largest absolute Gasteiger partial charge is 0.454 e. The molecule has 0 unspecified atom stereocenters. The van der Waals surface area contributed by atoms with Gasteiger partial charge in [0.25, 0.3) is 0 Å². The summed E-state index contributed by atoms with van der Waals surface area (Å²) in [6.45, 7) is 8.14. The Labute approximate surface area is 129 Å². The van der Waals surface area contributed by atoms with Gasteiger partial charge in [0.05, 0.1) is 6.10 Å². The van der Waals surface area contributed by atoms with Crippen molar-refractivity contribution in [2.45, 2.75) is 44.7 Å². The van der Waals surface area contributed by atoms with Crippen LogP contribution in [0.15, 0.2) is 24.8 Å². The molecule has 0 bridgehead atoms. The quantitative estimate of drug-likeness (QED) is 0.783. The van der Waals surface area contributed by atoms with Crippen molar-refractivity contribution in [1.82, 2.24) is 0 Å². The van der Waals surface area contributed by atoms with Gasteiger partial charge in [0.1, 0.15) is 12.4 Å². The summed E-state index contributed by atoms with van der Waals surface area (Å²) in [6, 6.07) is 5.70. The predicted octanol–water partition coefficient (Wildman–Crippen LogP) is 2.93. The van der Waals surface area contributed by atoms with E-state index in [1.807, 2.05) is 32.0 Å². The number of benzene rings is 1. The third-order valence-electron chi connectivity index (χ3n) is 3.84. The van der Waals surface area contributed by atoms with Crippen LogP contribution in [0.25, 0.3) is 5.57 Å². The molecule has 118 valence electrons. The van der Waals surface area contributed by atoms with Crippen LogP contribution in [0.4, 0.5) is 0 Å². The van der Waals surface area contributed by atoms with E-state index < -0.39 is 5.79 Å². The second-order valence-electron chi connectivity index (χ2n) is 5.93. The molecule has 0 N–H and O–H groups in total. The summed E-state index contributed by atoms with van der Waals surface area (Å²) in [7, 11) is 0. The molecule has 0 saturated carbocycles. The van der Waals surface area contributed by atoms with Gasteiger partial charge in [0, 0.05) is 6.42 Å². The fourth-order valence-electron chi connectivity index (χ4n) is 2.83. The Hall–Kier alpha value is -1.85. The minimum absolute atomic E-state index is 0.182. The molecular formula is C17H20O5. The van der Waals surface area contributed by atoms with Crippen LogP contribution >= 0.6 is 0 Å². The predicted molar refractivity (Wildman–Crippen MR) is 80.7 cm³/mol. The van der Waals surface area contributed by atoms with Gasteiger partial charge in [-0.25, -0.2) is 0 Å². The van der Waals surface area contributed by atoms with E-state index in [1.165, 1.54) is 0 Å². The summed E-state index contributed by atoms with van der Waals surface area (Å²) < 4.78 is 22.6. The molecule has 0 aliphatic carbocycles. The van der Waals surface area contributed by atoms with Gasteiger partial charge < -0.3 is 23.7 Å². The first kappa shape index (κ1) is 15.1. The molecule has 2 atom stereocenters. The Bertz CT molecular complexity index is 593. The van der Waals surface area contributed by atoms with Gasteiger partial charge in [-0.15, -0.1) is 0 Å². The summed E-state index contributed by atoms with van der Waals surface area (Å²) >= 11 is 0. The minimum Gasteiger partial charge on any atom is -0.454 e. The molecule has 2 aliphatic rings. The molecule has 1 aromatic carbocycles. The van der Waals surface area contributed by atoms with Crippen molar-refractivity contribution in [3.8, 4) is 11.5 Å². The van der Waals surface area contributed by atoms with Crippen molar-refractivity contribution >= 4 is 11.9 Å². The first-order valence-electron chi connectivity index (χ1n) is 7.38. The highest BCUT2D eigenvalue weighted by Crippen LogP contribution is 2.40. The zero-order valence-electron chi connectivity index (χ0n) is 12.8. The summed E-state index contributed by atoms with van der Waals surface area (Å²) in [5.74, 6) is 0.761. The Kier molecular flexibility index (Phi) is 3.93. The van der Waals surface area contributed by atoms with E-state index in [0.717, 1.165) is 23.2 Å². The standard InChI is InChI=1S/C17H20O5/c1-11(12-6-7-13-15(9-12)20-10-19-13)16-14(5-4-8-18)21-17(2,3)22-16/h6-9,14,16H,1,4-5,10H2,2-3H3/t14-,16-/m0/s1. The van der Waals surface area contributed by atoms with Crippen LogP contribution in [-0.2, 0) is 14.3 Å². The summed E-state index contributed by atoms with van der Waals surface area (Å²) in [5.41, 5.74) is 1.74. The third-order valence-corrected chi connectivity index (χ3v) is 3.84. The summed E-state index contributed by atoms with van der Waals surface area (Å²) in [6.07, 6.45) is 1.49. The van der Waals surface area contributed by atoms with Crippen molar-refractivity contribution < 1.29 is 23.7 Å². The van der Waals surface area contributed by atoms with Crippen LogP contribution in [0.2, 0.25) is 0 Å². The molecule has 1 aromatic rings. The van der Waals surface area contributed by atoms with Gasteiger partial charge in [-0.1, -0.05) is 12.6 Å². The molecule has 1 fully saturated rings. The van der Waals surface area contributed by atoms with Gasteiger partial charge in [0.2, 0.25) is 6.79 Å². The Morgan fingerprint density at radius 2 is 2.09 bits per heavy atom. The van der Waals surface area contributed by atoms with E-state index in [0.29, 0.717) is 18.6 Å². The van der Waals surface area contributed by atoms with E-state index >= 15 is 0 Å². The topological polar surface area (TPSA) is 54.0 Å². The van der Waals surface area contributed by atoms with E-state index in [1.54, 1.807) is 0 Å². The normalized spacial score (nSPS) is 25.2. The van der Waals surface area contributed by atoms with E-state index in [9.17, 15) is 4.79 Å². The lowest BCUT2D eigenvalue weighted by Crippen LogP contribution is -2.23. The molecule has 0 radical (unpaired) electrons. The monoisotopic (exact) mass is 304 g/mol. The SMILES string of the molecule is C=C(c1ccc2c(c1)OCO2)[C@@H]1OC(C)(C)O[C@H]1CCC=O. The van der Waals surface area contributed by atoms with Crippen molar-refractivity contribution in [2.24, 2.45) is 0 Å². The van der Waals surface area contributed by atoms with Crippen LogP contribution in [-0.4, -0.2) is 31.1 Å². The second kappa shape index (κ2) is 5.74. The van der Waals surface area contributed by atoms with Crippen LogP contribution in [0, 0.1) is 0 Å². The third kappa shape index (κ3) is 2.87. The number of hydrogen-bond acceptors (Lipinski definition) is 5. The number of carbonyl (C=O) groups is 1. The van der Waals surface area contributed by atoms with Crippen molar-refractivity contribution in [2.75, 3.05) is 6.79 Å². The molecule has 5 heteroatoms. The van der Waals surface area contributed by atoms with Crippen molar-refractivity contribution in [3.05, 3.63) is 30.3 Å². The van der Waals surface area contributed by atoms with Gasteiger partial charge in [-0.05, 0) is 43.5 Å². The average molecular weight is 304 g/mol. The van der Waals surface area contributed by atoms with Crippen LogP contribution in [0.1, 0.15) is 32.3 Å². The molecule has 2 heterocycles. The van der Waals surface area contributed by atoms with Gasteiger partial charge in [0.15, 0.2) is 17.3 Å². The molecule has 0 spiro atoms. The number of rotatable bonds is 5. The molecule has 22 heavy (non-hydrogen) atoms. The molecular weight excluding hydrogens is 284 g/mol. The molecule has 2 aliphatic heterocycles. The zero-order chi connectivity index (χ0) is 15.7. The number of ether oxygens (including phenoxy) is 4. The highest BCUT2D eigenvalue weighted by atomic mass is 16.8. The Morgan fingerprint density at radius 3 is 2.86 bits per heavy atom. The van der Waals surface area contributed by atoms with Crippen molar-refractivity contribution in [1.29, 1.82) is 0 Å². The van der Waals surface area contributed by atoms with Crippen LogP contribution in [0.3, 0.4) is 0 Å². The first-order chi connectivity index (χ1) is 10.5. The van der Waals surface area contributed by atoms with Crippen molar-refractivity contribution in [3.63, 3.8) is 0 Å². The molecule has 5 nitrogen and oxygen atoms in total. The lowest BCUT2D eigenvalue weighted by molar-refractivity contribution is -0.143. The highest BCUT2D eigenvalue weighted by molar-refractivity contribution is 5.70. The molecule has 0 aromatic heterocycles. The molecule has 3 rings (SSSR count). The zero-order valence-corrected chi connectivity index (χ0v) is 12.8. The number of carbonyl (C=O) groups excluding carboxylic acids is 1. The lowest BCUT2D eigenvalue weighted by Gasteiger charge is -2.19. The highest BCUT2D eigenvalue weighted by Gasteiger charge is 2.42. The van der Waals surface area contributed by atoms with Gasteiger partial charge in [-0.2, -0.15) is 0 Å². The lowest BCUT2D eigenvalue weighted by atomic mass is 9.96. The van der Waals surface area contributed by atoms with Gasteiger partial charge in [-0.3, -0.25) is 0 Å². The number of aldehydes is 1. The Morgan fingerprint density at radius 1 is 1.32 bits per heavy atom. The summed E-state index contributed by atoms with van der Waals surface area (Å²) in [4.78, 5) is 10.6. The maximum Gasteiger partial charge on any atom is 0.231 e. The van der Waals surface area contributed by atoms with E-state index in [4.69, 9.17) is 18.9 Å². The minimum atomic E-state index is -0.683. The van der Waals surface area contributed by atoms with Gasteiger partial charge >= 0.3 is 0 Å². The number of fused-ring (bicyclic) bond motifs is 1. The molecule has 1 saturated heterocycles. The van der Waals surface area contributed by atoms with E-state index in [-0.39, 0.29) is 19.0 Å². The second-order valence-corrected chi connectivity index (χ2v) is 5.93. The maximum atomic E-state index is 10.6. The van der Waals surface area contributed by atoms with Crippen LogP contribution < -0.4 is 9.47 Å². The molecule has 0 amide bonds. The smallest absolute Gasteiger partial charge is 0.231 e. The fourth-order valence-corrected chi connectivity index (χ4v) is 2.83. The summed E-state index contributed by atoms with van der Waals surface area (Å²) in [5, 5.41) is 0. The van der Waals surface area contributed by atoms with E-state index in [2.05, 4.69) is 6.58 Å².